The van der Waals surface area contributed by atoms with Gasteiger partial charge in [0.1, 0.15) is 0 Å². The molecule has 2 rings (SSSR count). The average molecular weight is 241 g/mol. The highest BCUT2D eigenvalue weighted by atomic mass is 14.9. The van der Waals surface area contributed by atoms with Gasteiger partial charge in [0.15, 0.2) is 0 Å². The fourth-order valence-corrected chi connectivity index (χ4v) is 2.25. The van der Waals surface area contributed by atoms with Crippen molar-refractivity contribution in [3.63, 3.8) is 0 Å². The minimum absolute atomic E-state index is 0.176. The van der Waals surface area contributed by atoms with Gasteiger partial charge in [-0.05, 0) is 48.7 Å². The summed E-state index contributed by atoms with van der Waals surface area (Å²) in [6.07, 6.45) is 8.59. The number of pyridine rings is 2. The summed E-state index contributed by atoms with van der Waals surface area (Å²) in [6.45, 7) is 4.22. The second-order valence-electron chi connectivity index (χ2n) is 4.45. The van der Waals surface area contributed by atoms with Gasteiger partial charge in [0.2, 0.25) is 0 Å². The molecule has 1 atom stereocenters. The number of aromatic nitrogens is 2. The molecule has 2 aromatic heterocycles. The molecule has 2 heterocycles. The lowest BCUT2D eigenvalue weighted by Crippen LogP contribution is -2.19. The number of rotatable bonds is 4. The van der Waals surface area contributed by atoms with E-state index in [9.17, 15) is 0 Å². The van der Waals surface area contributed by atoms with Gasteiger partial charge in [-0.25, -0.2) is 0 Å². The Morgan fingerprint density at radius 1 is 1.22 bits per heavy atom. The van der Waals surface area contributed by atoms with Crippen LogP contribution in [0.4, 0.5) is 0 Å². The van der Waals surface area contributed by atoms with Gasteiger partial charge in [0, 0.05) is 24.8 Å². The van der Waals surface area contributed by atoms with Crippen LogP contribution in [-0.2, 0) is 6.42 Å². The maximum absolute atomic E-state index is 4.28. The lowest BCUT2D eigenvalue weighted by atomic mass is 9.95. The smallest absolute Gasteiger partial charge is 0.0593 e. The minimum atomic E-state index is 0.176. The first-order valence-electron chi connectivity index (χ1n) is 6.27. The third-order valence-corrected chi connectivity index (χ3v) is 3.15. The second kappa shape index (κ2) is 5.74. The molecular weight excluding hydrogens is 222 g/mol. The third kappa shape index (κ3) is 2.57. The molecule has 2 aromatic rings. The lowest BCUT2D eigenvalue weighted by Gasteiger charge is -2.19. The van der Waals surface area contributed by atoms with Crippen molar-refractivity contribution < 1.29 is 0 Å². The standard InChI is InChI=1S/C15H19N3/c1-4-12-9-17-6-5-14(12)15(16-3)13-7-11(2)8-18-10-13/h5-10,15-16H,4H2,1-3H3. The summed E-state index contributed by atoms with van der Waals surface area (Å²) in [5, 5.41) is 3.37. The van der Waals surface area contributed by atoms with Crippen LogP contribution in [0, 0.1) is 6.92 Å². The van der Waals surface area contributed by atoms with Gasteiger partial charge in [-0.3, -0.25) is 9.97 Å². The summed E-state index contributed by atoms with van der Waals surface area (Å²) < 4.78 is 0. The number of aryl methyl sites for hydroxylation is 2. The zero-order valence-corrected chi connectivity index (χ0v) is 11.1. The number of nitrogens with one attached hydrogen (secondary N) is 1. The summed E-state index contributed by atoms with van der Waals surface area (Å²) in [7, 11) is 1.98. The van der Waals surface area contributed by atoms with E-state index in [2.05, 4.69) is 41.3 Å². The van der Waals surface area contributed by atoms with Crippen molar-refractivity contribution in [2.75, 3.05) is 7.05 Å². The van der Waals surface area contributed by atoms with Gasteiger partial charge in [0.25, 0.3) is 0 Å². The molecule has 0 saturated heterocycles. The van der Waals surface area contributed by atoms with Crippen LogP contribution in [0.15, 0.2) is 36.9 Å². The molecule has 3 heteroatoms. The molecule has 0 amide bonds. The molecule has 0 radical (unpaired) electrons. The lowest BCUT2D eigenvalue weighted by molar-refractivity contribution is 0.679. The first-order chi connectivity index (χ1) is 8.76. The summed E-state index contributed by atoms with van der Waals surface area (Å²) in [5.74, 6) is 0. The van der Waals surface area contributed by atoms with E-state index >= 15 is 0 Å². The number of hydrogen-bond acceptors (Lipinski definition) is 3. The molecular formula is C15H19N3. The van der Waals surface area contributed by atoms with E-state index in [1.165, 1.54) is 22.3 Å². The van der Waals surface area contributed by atoms with Crippen LogP contribution in [0.3, 0.4) is 0 Å². The molecule has 94 valence electrons. The van der Waals surface area contributed by atoms with E-state index in [4.69, 9.17) is 0 Å². The maximum Gasteiger partial charge on any atom is 0.0593 e. The van der Waals surface area contributed by atoms with E-state index in [1.54, 1.807) is 0 Å². The Morgan fingerprint density at radius 2 is 2.06 bits per heavy atom. The van der Waals surface area contributed by atoms with Crippen LogP contribution in [-0.4, -0.2) is 17.0 Å². The van der Waals surface area contributed by atoms with Crippen molar-refractivity contribution in [3.05, 3.63) is 59.2 Å². The van der Waals surface area contributed by atoms with Crippen LogP contribution < -0.4 is 5.32 Å². The zero-order valence-electron chi connectivity index (χ0n) is 11.1. The predicted molar refractivity (Wildman–Crippen MR) is 73.5 cm³/mol. The van der Waals surface area contributed by atoms with Crippen LogP contribution in [0.1, 0.15) is 35.2 Å². The van der Waals surface area contributed by atoms with Crippen molar-refractivity contribution in [2.24, 2.45) is 0 Å². The topological polar surface area (TPSA) is 37.8 Å². The molecule has 0 spiro atoms. The van der Waals surface area contributed by atoms with Gasteiger partial charge >= 0.3 is 0 Å². The number of nitrogens with zero attached hydrogens (tertiary/aromatic N) is 2. The van der Waals surface area contributed by atoms with Crippen molar-refractivity contribution in [3.8, 4) is 0 Å². The SMILES string of the molecule is CCc1cnccc1C(NC)c1cncc(C)c1. The van der Waals surface area contributed by atoms with E-state index in [0.29, 0.717) is 0 Å². The summed E-state index contributed by atoms with van der Waals surface area (Å²) in [6, 6.07) is 4.44. The monoisotopic (exact) mass is 241 g/mol. The van der Waals surface area contributed by atoms with Gasteiger partial charge < -0.3 is 5.32 Å². The van der Waals surface area contributed by atoms with Gasteiger partial charge in [-0.15, -0.1) is 0 Å². The Kier molecular flexibility index (Phi) is 4.05. The molecule has 0 aliphatic heterocycles. The number of hydrogen-bond donors (Lipinski definition) is 1. The molecule has 0 fully saturated rings. The molecule has 3 nitrogen and oxygen atoms in total. The molecule has 1 unspecified atom stereocenters. The van der Waals surface area contributed by atoms with Crippen molar-refractivity contribution in [2.45, 2.75) is 26.3 Å². The highest BCUT2D eigenvalue weighted by molar-refractivity contribution is 5.35. The van der Waals surface area contributed by atoms with Gasteiger partial charge in [-0.2, -0.15) is 0 Å². The van der Waals surface area contributed by atoms with E-state index in [1.807, 2.05) is 31.8 Å². The predicted octanol–water partition coefficient (Wildman–Crippen LogP) is 2.66. The molecule has 0 aliphatic carbocycles. The largest absolute Gasteiger partial charge is 0.309 e. The molecule has 0 saturated carbocycles. The van der Waals surface area contributed by atoms with Crippen LogP contribution in [0.5, 0.6) is 0 Å². The Bertz CT molecular complexity index is 523. The van der Waals surface area contributed by atoms with Crippen LogP contribution in [0.2, 0.25) is 0 Å². The Labute approximate surface area is 108 Å². The normalized spacial score (nSPS) is 12.4. The average Bonchev–Trinajstić information content (AvgIpc) is 2.40. The van der Waals surface area contributed by atoms with Crippen LogP contribution >= 0.6 is 0 Å². The fraction of sp³-hybridized carbons (Fsp3) is 0.333. The van der Waals surface area contributed by atoms with E-state index in [-0.39, 0.29) is 6.04 Å². The Balaban J connectivity index is 2.45. The van der Waals surface area contributed by atoms with E-state index in [0.717, 1.165) is 6.42 Å². The first-order valence-corrected chi connectivity index (χ1v) is 6.27. The first kappa shape index (κ1) is 12.7. The molecule has 1 N–H and O–H groups in total. The highest BCUT2D eigenvalue weighted by Gasteiger charge is 2.15. The fourth-order valence-electron chi connectivity index (χ4n) is 2.25. The Hall–Kier alpha value is -1.74. The summed E-state index contributed by atoms with van der Waals surface area (Å²) in [4.78, 5) is 8.48. The molecule has 18 heavy (non-hydrogen) atoms. The minimum Gasteiger partial charge on any atom is -0.309 e. The second-order valence-corrected chi connectivity index (χ2v) is 4.45. The van der Waals surface area contributed by atoms with Gasteiger partial charge in [-0.1, -0.05) is 13.0 Å². The van der Waals surface area contributed by atoms with Crippen LogP contribution in [0.25, 0.3) is 0 Å². The highest BCUT2D eigenvalue weighted by Crippen LogP contribution is 2.24. The van der Waals surface area contributed by atoms with Crippen molar-refractivity contribution in [1.82, 2.24) is 15.3 Å². The molecule has 0 aromatic carbocycles. The van der Waals surface area contributed by atoms with Gasteiger partial charge in [0.05, 0.1) is 6.04 Å². The summed E-state index contributed by atoms with van der Waals surface area (Å²) in [5.41, 5.74) is 4.93. The quantitative estimate of drug-likeness (QED) is 0.894. The third-order valence-electron chi connectivity index (χ3n) is 3.15. The molecule has 0 bridgehead atoms. The molecule has 0 aliphatic rings. The van der Waals surface area contributed by atoms with E-state index < -0.39 is 0 Å². The van der Waals surface area contributed by atoms with Crippen molar-refractivity contribution >= 4 is 0 Å². The maximum atomic E-state index is 4.28. The Morgan fingerprint density at radius 3 is 2.72 bits per heavy atom. The zero-order chi connectivity index (χ0) is 13.0. The summed E-state index contributed by atoms with van der Waals surface area (Å²) >= 11 is 0. The van der Waals surface area contributed by atoms with Crippen molar-refractivity contribution in [1.29, 1.82) is 0 Å².